The highest BCUT2D eigenvalue weighted by Gasteiger charge is 2.30. The van der Waals surface area contributed by atoms with Crippen LogP contribution in [-0.2, 0) is 18.9 Å². The van der Waals surface area contributed by atoms with Crippen molar-refractivity contribution >= 4 is 0 Å². The monoisotopic (exact) mass is 261 g/mol. The molecule has 0 bridgehead atoms. The molecule has 0 aromatic carbocycles. The molecular weight excluding hydrogens is 234 g/mol. The fraction of sp³-hybridized carbons (Fsp3) is 1.00. The van der Waals surface area contributed by atoms with Gasteiger partial charge in [0.25, 0.3) is 0 Å². The summed E-state index contributed by atoms with van der Waals surface area (Å²) in [7, 11) is 1.67. The molecular formula is C13H27NO4. The molecule has 1 fully saturated rings. The van der Waals surface area contributed by atoms with Gasteiger partial charge in [-0.3, -0.25) is 0 Å². The second-order valence-corrected chi connectivity index (χ2v) is 4.83. The summed E-state index contributed by atoms with van der Waals surface area (Å²) in [5, 5.41) is 0. The fourth-order valence-electron chi connectivity index (χ4n) is 2.12. The molecule has 1 unspecified atom stereocenters. The minimum Gasteiger partial charge on any atom is -0.382 e. The second kappa shape index (κ2) is 9.69. The number of hydrogen-bond acceptors (Lipinski definition) is 5. The molecule has 0 aromatic rings. The van der Waals surface area contributed by atoms with Crippen molar-refractivity contribution in [3.63, 3.8) is 0 Å². The van der Waals surface area contributed by atoms with Gasteiger partial charge in [0.1, 0.15) is 0 Å². The van der Waals surface area contributed by atoms with Crippen molar-refractivity contribution in [2.24, 2.45) is 11.1 Å². The molecule has 1 aliphatic rings. The zero-order valence-electron chi connectivity index (χ0n) is 11.5. The normalized spacial score (nSPS) is 24.3. The van der Waals surface area contributed by atoms with Crippen LogP contribution < -0.4 is 5.73 Å². The van der Waals surface area contributed by atoms with Crippen LogP contribution in [0.1, 0.15) is 19.3 Å². The van der Waals surface area contributed by atoms with Crippen LogP contribution in [0.5, 0.6) is 0 Å². The van der Waals surface area contributed by atoms with Crippen molar-refractivity contribution in [1.82, 2.24) is 0 Å². The first kappa shape index (κ1) is 15.9. The van der Waals surface area contributed by atoms with E-state index < -0.39 is 0 Å². The predicted molar refractivity (Wildman–Crippen MR) is 69.7 cm³/mol. The molecule has 108 valence electrons. The molecule has 5 nitrogen and oxygen atoms in total. The maximum atomic E-state index is 5.86. The van der Waals surface area contributed by atoms with Gasteiger partial charge in [0.15, 0.2) is 0 Å². The summed E-state index contributed by atoms with van der Waals surface area (Å²) in [5.41, 5.74) is 5.99. The van der Waals surface area contributed by atoms with Crippen molar-refractivity contribution in [3.8, 4) is 0 Å². The first-order chi connectivity index (χ1) is 8.83. The Balaban J connectivity index is 1.98. The zero-order valence-corrected chi connectivity index (χ0v) is 11.5. The van der Waals surface area contributed by atoms with E-state index in [-0.39, 0.29) is 5.41 Å². The Bertz CT molecular complexity index is 195. The molecule has 0 aliphatic carbocycles. The topological polar surface area (TPSA) is 62.9 Å². The zero-order chi connectivity index (χ0) is 13.1. The molecule has 0 aromatic heterocycles. The predicted octanol–water partition coefficient (Wildman–Crippen LogP) is 0.812. The molecule has 1 saturated heterocycles. The van der Waals surface area contributed by atoms with Gasteiger partial charge in [0.2, 0.25) is 0 Å². The molecule has 5 heteroatoms. The average molecular weight is 261 g/mol. The number of methoxy groups -OCH3 is 1. The van der Waals surface area contributed by atoms with Crippen molar-refractivity contribution in [3.05, 3.63) is 0 Å². The molecule has 18 heavy (non-hydrogen) atoms. The Kier molecular flexibility index (Phi) is 8.54. The molecule has 1 rings (SSSR count). The van der Waals surface area contributed by atoms with Gasteiger partial charge in [0, 0.05) is 32.3 Å². The maximum absolute atomic E-state index is 5.86. The smallest absolute Gasteiger partial charge is 0.0701 e. The van der Waals surface area contributed by atoms with E-state index in [9.17, 15) is 0 Å². The lowest BCUT2D eigenvalue weighted by molar-refractivity contribution is -0.0300. The summed E-state index contributed by atoms with van der Waals surface area (Å²) in [6.45, 7) is 5.57. The van der Waals surface area contributed by atoms with Crippen LogP contribution in [0.4, 0.5) is 0 Å². The van der Waals surface area contributed by atoms with Crippen molar-refractivity contribution in [2.75, 3.05) is 59.9 Å². The van der Waals surface area contributed by atoms with Gasteiger partial charge in [-0.2, -0.15) is 0 Å². The maximum Gasteiger partial charge on any atom is 0.0701 e. The minimum absolute atomic E-state index is 0.134. The molecule has 0 spiro atoms. The first-order valence-corrected chi connectivity index (χ1v) is 6.75. The van der Waals surface area contributed by atoms with Gasteiger partial charge in [-0.1, -0.05) is 0 Å². The summed E-state index contributed by atoms with van der Waals surface area (Å²) in [4.78, 5) is 0. The average Bonchev–Trinajstić information content (AvgIpc) is 2.43. The minimum atomic E-state index is 0.134. The molecule has 0 amide bonds. The van der Waals surface area contributed by atoms with Gasteiger partial charge >= 0.3 is 0 Å². The van der Waals surface area contributed by atoms with Crippen molar-refractivity contribution < 1.29 is 18.9 Å². The van der Waals surface area contributed by atoms with E-state index in [2.05, 4.69) is 0 Å². The summed E-state index contributed by atoms with van der Waals surface area (Å²) in [6.07, 6.45) is 3.23. The van der Waals surface area contributed by atoms with Crippen LogP contribution in [0, 0.1) is 5.41 Å². The summed E-state index contributed by atoms with van der Waals surface area (Å²) < 4.78 is 21.3. The van der Waals surface area contributed by atoms with E-state index in [1.54, 1.807) is 7.11 Å². The lowest BCUT2D eigenvalue weighted by Crippen LogP contribution is -2.39. The van der Waals surface area contributed by atoms with Crippen molar-refractivity contribution in [1.29, 1.82) is 0 Å². The van der Waals surface area contributed by atoms with E-state index in [1.807, 2.05) is 0 Å². The summed E-state index contributed by atoms with van der Waals surface area (Å²) in [6, 6.07) is 0. The number of rotatable bonds is 10. The lowest BCUT2D eigenvalue weighted by Gasteiger charge is -2.35. The van der Waals surface area contributed by atoms with Crippen LogP contribution in [-0.4, -0.2) is 59.9 Å². The standard InChI is InChI=1S/C13H27NO4/c1-15-7-8-17-10-9-16-6-4-13(11-14)3-2-5-18-12-13/h2-12,14H2,1H3. The molecule has 1 aliphatic heterocycles. The largest absolute Gasteiger partial charge is 0.382 e. The van der Waals surface area contributed by atoms with Crippen molar-refractivity contribution in [2.45, 2.75) is 19.3 Å². The van der Waals surface area contributed by atoms with Crippen LogP contribution in [0.2, 0.25) is 0 Å². The lowest BCUT2D eigenvalue weighted by atomic mass is 9.80. The second-order valence-electron chi connectivity index (χ2n) is 4.83. The third-order valence-corrected chi connectivity index (χ3v) is 3.42. The highest BCUT2D eigenvalue weighted by molar-refractivity contribution is 4.82. The number of nitrogens with two attached hydrogens (primary N) is 1. The Morgan fingerprint density at radius 1 is 1.11 bits per heavy atom. The van der Waals surface area contributed by atoms with E-state index >= 15 is 0 Å². The molecule has 0 saturated carbocycles. The Labute approximate surface area is 110 Å². The van der Waals surface area contributed by atoms with Gasteiger partial charge in [0.05, 0.1) is 33.0 Å². The van der Waals surface area contributed by atoms with Crippen LogP contribution >= 0.6 is 0 Å². The SMILES string of the molecule is COCCOCCOCCC1(CN)CCCOC1. The van der Waals surface area contributed by atoms with E-state index in [0.717, 1.165) is 39.1 Å². The third-order valence-electron chi connectivity index (χ3n) is 3.42. The fourth-order valence-corrected chi connectivity index (χ4v) is 2.12. The van der Waals surface area contributed by atoms with Crippen LogP contribution in [0.3, 0.4) is 0 Å². The quantitative estimate of drug-likeness (QED) is 0.590. The molecule has 1 atom stereocenters. The van der Waals surface area contributed by atoms with E-state index in [1.165, 1.54) is 0 Å². The number of hydrogen-bond donors (Lipinski definition) is 1. The molecule has 1 heterocycles. The molecule has 0 radical (unpaired) electrons. The molecule has 2 N–H and O–H groups in total. The Morgan fingerprint density at radius 3 is 2.44 bits per heavy atom. The van der Waals surface area contributed by atoms with Gasteiger partial charge in [-0.15, -0.1) is 0 Å². The highest BCUT2D eigenvalue weighted by atomic mass is 16.5. The van der Waals surface area contributed by atoms with Crippen LogP contribution in [0.15, 0.2) is 0 Å². The van der Waals surface area contributed by atoms with E-state index in [0.29, 0.717) is 33.0 Å². The summed E-state index contributed by atoms with van der Waals surface area (Å²) >= 11 is 0. The van der Waals surface area contributed by atoms with Gasteiger partial charge < -0.3 is 24.7 Å². The highest BCUT2D eigenvalue weighted by Crippen LogP contribution is 2.30. The van der Waals surface area contributed by atoms with Gasteiger partial charge in [-0.25, -0.2) is 0 Å². The Hall–Kier alpha value is -0.200. The van der Waals surface area contributed by atoms with Gasteiger partial charge in [-0.05, 0) is 19.3 Å². The number of ether oxygens (including phenoxy) is 4. The Morgan fingerprint density at radius 2 is 1.83 bits per heavy atom. The van der Waals surface area contributed by atoms with Crippen LogP contribution in [0.25, 0.3) is 0 Å². The van der Waals surface area contributed by atoms with E-state index in [4.69, 9.17) is 24.7 Å². The summed E-state index contributed by atoms with van der Waals surface area (Å²) in [5.74, 6) is 0. The third kappa shape index (κ3) is 6.11. The first-order valence-electron chi connectivity index (χ1n) is 6.75.